The van der Waals surface area contributed by atoms with Crippen LogP contribution in [0.1, 0.15) is 25.4 Å². The molecule has 0 atom stereocenters. The van der Waals surface area contributed by atoms with Gasteiger partial charge in [-0.1, -0.05) is 0 Å². The van der Waals surface area contributed by atoms with Crippen LogP contribution < -0.4 is 0 Å². The number of aromatic nitrogens is 1. The van der Waals surface area contributed by atoms with Crippen LogP contribution in [0.4, 0.5) is 0 Å². The first kappa shape index (κ1) is 2.74. The van der Waals surface area contributed by atoms with Crippen LogP contribution in [0.2, 0.25) is 0 Å². The Morgan fingerprint density at radius 3 is 3.40 bits per heavy atom. The third-order valence-corrected chi connectivity index (χ3v) is 1.16. The summed E-state index contributed by atoms with van der Waals surface area (Å²) in [6.45, 7) is -2.92. The van der Waals surface area contributed by atoms with E-state index in [-0.39, 0.29) is 10.6 Å². The van der Waals surface area contributed by atoms with Crippen molar-refractivity contribution in [2.75, 3.05) is 0 Å². The minimum Gasteiger partial charge on any atom is -0.294 e. The monoisotopic (exact) mass is 205 g/mol. The molecule has 0 spiro atoms. The molecule has 0 amide bonds. The Morgan fingerprint density at radius 2 is 2.70 bits per heavy atom. The zero-order chi connectivity index (χ0) is 12.7. The number of carbonyl (C=O) groups is 1. The summed E-state index contributed by atoms with van der Waals surface area (Å²) in [5.41, 5.74) is -0.595. The van der Waals surface area contributed by atoms with Crippen molar-refractivity contribution < 1.29 is 13.0 Å². The lowest BCUT2D eigenvalue weighted by molar-refractivity contribution is 0.101. The van der Waals surface area contributed by atoms with E-state index in [9.17, 15) is 4.79 Å². The molecule has 0 saturated carbocycles. The van der Waals surface area contributed by atoms with Gasteiger partial charge in [0, 0.05) is 26.5 Å². The number of ketones is 1. The Balaban J connectivity index is 3.47. The summed E-state index contributed by atoms with van der Waals surface area (Å²) in [7, 11) is 0. The Kier molecular flexibility index (Phi) is 0.800. The first-order valence-electron chi connectivity index (χ1n) is 5.34. The molecule has 1 heterocycles. The number of hydrogen-bond donors (Lipinski definition) is 0. The third kappa shape index (κ3) is 1.64. The lowest BCUT2D eigenvalue weighted by atomic mass is 10.2. The molecule has 0 N–H and O–H groups in total. The maximum absolute atomic E-state index is 11.4. The lowest BCUT2D eigenvalue weighted by Gasteiger charge is -1.92. The zero-order valence-electron chi connectivity index (χ0n) is 10.7. The van der Waals surface area contributed by atoms with E-state index >= 15 is 0 Å². The van der Waals surface area contributed by atoms with Crippen LogP contribution in [-0.2, 0) is 0 Å². The first-order valence-corrected chi connectivity index (χ1v) is 3.13. The molecule has 0 aromatic carbocycles. The van der Waals surface area contributed by atoms with Gasteiger partial charge in [-0.15, -0.1) is 0 Å². The largest absolute Gasteiger partial charge is 0.294 e. The zero-order valence-corrected chi connectivity index (χ0v) is 6.32. The minimum atomic E-state index is -2.92. The second kappa shape index (κ2) is 2.92. The van der Waals surface area contributed by atoms with Crippen LogP contribution in [0, 0.1) is 0 Å². The van der Waals surface area contributed by atoms with E-state index in [1.165, 1.54) is 0 Å². The predicted molar refractivity (Wildman–Crippen MR) is 41.9 cm³/mol. The van der Waals surface area contributed by atoms with E-state index < -0.39 is 30.4 Å². The Bertz CT molecular complexity index is 457. The molecular weight excluding hydrogens is 194 g/mol. The third-order valence-electron chi connectivity index (χ3n) is 0.784. The van der Waals surface area contributed by atoms with E-state index in [1.807, 2.05) is 0 Å². The maximum Gasteiger partial charge on any atom is 0.161 e. The number of Topliss-reactive ketones (excluding diaryl/α,β-unsaturated/α-hetero) is 1. The lowest BCUT2D eigenvalue weighted by Crippen LogP contribution is -1.91. The van der Waals surface area contributed by atoms with Gasteiger partial charge in [-0.3, -0.25) is 9.78 Å². The van der Waals surface area contributed by atoms with Gasteiger partial charge in [0.15, 0.2) is 5.78 Å². The fourth-order valence-electron chi connectivity index (χ4n) is 0.406. The van der Waals surface area contributed by atoms with Crippen molar-refractivity contribution in [3.8, 4) is 0 Å². The molecule has 0 radical (unpaired) electrons. The van der Waals surface area contributed by atoms with Crippen molar-refractivity contribution in [1.29, 1.82) is 0 Å². The predicted octanol–water partition coefficient (Wildman–Crippen LogP) is 2.05. The summed E-state index contributed by atoms with van der Waals surface area (Å²) in [6, 6.07) is -0.494. The number of nitrogens with zero attached hydrogens (tertiary/aromatic N) is 1. The van der Waals surface area contributed by atoms with E-state index in [2.05, 4.69) is 20.9 Å². The number of halogens is 1. The molecule has 0 saturated heterocycles. The van der Waals surface area contributed by atoms with E-state index in [0.717, 1.165) is 0 Å². The molecule has 3 heteroatoms. The average molecular weight is 206 g/mol. The quantitative estimate of drug-likeness (QED) is 0.658. The molecule has 0 fully saturated rings. The molecule has 0 unspecified atom stereocenters. The van der Waals surface area contributed by atoms with Gasteiger partial charge in [-0.2, -0.15) is 0 Å². The molecule has 0 aliphatic rings. The van der Waals surface area contributed by atoms with Crippen LogP contribution >= 0.6 is 15.9 Å². The van der Waals surface area contributed by atoms with Crippen LogP contribution in [0.25, 0.3) is 0 Å². The van der Waals surface area contributed by atoms with Crippen molar-refractivity contribution in [2.45, 2.75) is 6.85 Å². The van der Waals surface area contributed by atoms with Gasteiger partial charge in [0.25, 0.3) is 0 Å². The van der Waals surface area contributed by atoms with Gasteiger partial charge in [0.2, 0.25) is 0 Å². The average Bonchev–Trinajstić information content (AvgIpc) is 2.13. The van der Waals surface area contributed by atoms with E-state index in [0.29, 0.717) is 0 Å². The van der Waals surface area contributed by atoms with Gasteiger partial charge in [0.05, 0.1) is 4.11 Å². The standard InChI is InChI=1S/C7H6BrNO/c1-5(10)6-2-7(8)4-9-3-6/h2-4H,1H3/i1D3,2D,3D,4D. The Labute approximate surface area is 75.8 Å². The molecule has 0 bridgehead atoms. The highest BCUT2D eigenvalue weighted by Gasteiger charge is 1.97. The second-order valence-electron chi connectivity index (χ2n) is 1.48. The van der Waals surface area contributed by atoms with Crippen LogP contribution in [0.3, 0.4) is 0 Å². The van der Waals surface area contributed by atoms with Crippen molar-refractivity contribution in [1.82, 2.24) is 4.98 Å². The highest BCUT2D eigenvalue weighted by Crippen LogP contribution is 2.09. The number of carbonyl (C=O) groups excluding carboxylic acids is 1. The first-order chi connectivity index (χ1) is 7.16. The SMILES string of the molecule is [2H]c1nc([2H])c(C(=O)C([2H])([2H])[2H])c([2H])c1Br. The van der Waals surface area contributed by atoms with Crippen LogP contribution in [0.15, 0.2) is 22.9 Å². The Morgan fingerprint density at radius 1 is 1.90 bits per heavy atom. The molecule has 0 aliphatic carbocycles. The number of hydrogen-bond acceptors (Lipinski definition) is 2. The molecule has 2 nitrogen and oxygen atoms in total. The second-order valence-corrected chi connectivity index (χ2v) is 2.27. The molecule has 0 aliphatic heterocycles. The summed E-state index contributed by atoms with van der Waals surface area (Å²) < 4.78 is 42.7. The molecular formula is C7H6BrNO. The minimum absolute atomic E-state index is 0.101. The van der Waals surface area contributed by atoms with Crippen LogP contribution in [-0.4, -0.2) is 10.8 Å². The molecule has 10 heavy (non-hydrogen) atoms. The number of rotatable bonds is 1. The summed E-state index contributed by atoms with van der Waals surface area (Å²) in [5.74, 6) is -1.31. The van der Waals surface area contributed by atoms with Gasteiger partial charge in [-0.25, -0.2) is 0 Å². The molecule has 52 valence electrons. The van der Waals surface area contributed by atoms with Gasteiger partial charge < -0.3 is 0 Å². The fraction of sp³-hybridized carbons (Fsp3) is 0.143. The van der Waals surface area contributed by atoms with Gasteiger partial charge >= 0.3 is 0 Å². The highest BCUT2D eigenvalue weighted by molar-refractivity contribution is 9.10. The van der Waals surface area contributed by atoms with Crippen LogP contribution in [0.5, 0.6) is 0 Å². The van der Waals surface area contributed by atoms with Gasteiger partial charge in [0.1, 0.15) is 0 Å². The Hall–Kier alpha value is -0.700. The number of pyridine rings is 1. The van der Waals surface area contributed by atoms with Crippen molar-refractivity contribution in [3.05, 3.63) is 28.4 Å². The van der Waals surface area contributed by atoms with Crippen molar-refractivity contribution >= 4 is 21.7 Å². The topological polar surface area (TPSA) is 30.0 Å². The van der Waals surface area contributed by atoms with E-state index in [4.69, 9.17) is 8.22 Å². The molecule has 1 rings (SSSR count). The van der Waals surface area contributed by atoms with Crippen molar-refractivity contribution in [2.24, 2.45) is 0 Å². The van der Waals surface area contributed by atoms with E-state index in [1.54, 1.807) is 0 Å². The van der Waals surface area contributed by atoms with Crippen molar-refractivity contribution in [3.63, 3.8) is 0 Å². The summed E-state index contributed by atoms with van der Waals surface area (Å²) in [4.78, 5) is 14.8. The molecule has 1 aromatic heterocycles. The summed E-state index contributed by atoms with van der Waals surface area (Å²) in [6.07, 6.45) is -1.04. The smallest absolute Gasteiger partial charge is 0.161 e. The van der Waals surface area contributed by atoms with Gasteiger partial charge in [-0.05, 0) is 28.8 Å². The summed E-state index contributed by atoms with van der Waals surface area (Å²) in [5, 5.41) is 0. The maximum atomic E-state index is 11.4. The fourth-order valence-corrected chi connectivity index (χ4v) is 0.693. The highest BCUT2D eigenvalue weighted by atomic mass is 79.9. The molecule has 1 aromatic rings. The normalized spacial score (nSPS) is 19.3. The summed E-state index contributed by atoms with van der Waals surface area (Å²) >= 11 is 2.84.